The van der Waals surface area contributed by atoms with Crippen molar-refractivity contribution in [2.45, 2.75) is 97.8 Å². The van der Waals surface area contributed by atoms with E-state index in [0.29, 0.717) is 5.92 Å². The van der Waals surface area contributed by atoms with E-state index < -0.39 is 10.8 Å². The highest BCUT2D eigenvalue weighted by Gasteiger charge is 2.54. The molecule has 85 heavy (non-hydrogen) atoms. The van der Waals surface area contributed by atoms with Crippen molar-refractivity contribution in [3.8, 4) is 33.8 Å². The largest absolute Gasteiger partial charge is 0.458 e. The number of ether oxygens (including phenoxy) is 1. The fourth-order valence-corrected chi connectivity index (χ4v) is 16.2. The summed E-state index contributed by atoms with van der Waals surface area (Å²) in [7, 11) is 0. The van der Waals surface area contributed by atoms with Gasteiger partial charge in [-0.05, 0) is 176 Å². The Morgan fingerprint density at radius 3 is 0.953 bits per heavy atom. The van der Waals surface area contributed by atoms with Gasteiger partial charge in [0.15, 0.2) is 0 Å². The molecule has 0 unspecified atom stereocenters. The standard InChI is InChI=1S/C81H69BN2O/c1-47(2)54-43-61(48(3)4)79(62(44-54)49(5)6)82-71-33-31-55(83-73-35-27-50(7)39-67(73)80(68-40-51(8)28-36-74(68)83)63-23-15-11-19-57(63)58-20-12-16-24-64(58)80)45-77(71)85-78-46-56(32-34-72(78)82)84-75-37-29-52(9)41-69(75)81(70-42-53(10)30-38-76(70)84)65-25-17-13-21-59(65)60-22-14-18-26-66(60)81/h11-49H,1-10H3. The number of benzene rings is 11. The van der Waals surface area contributed by atoms with Crippen molar-refractivity contribution in [1.82, 2.24) is 0 Å². The molecule has 11 aromatic rings. The van der Waals surface area contributed by atoms with Crippen molar-refractivity contribution >= 4 is 57.2 Å². The molecule has 3 aliphatic heterocycles. The van der Waals surface area contributed by atoms with Crippen LogP contribution in [0.15, 0.2) is 218 Å². The zero-order valence-corrected chi connectivity index (χ0v) is 50.4. The van der Waals surface area contributed by atoms with Crippen molar-refractivity contribution < 1.29 is 4.74 Å². The lowest BCUT2D eigenvalue weighted by Crippen LogP contribution is -2.57. The van der Waals surface area contributed by atoms with E-state index >= 15 is 0 Å². The van der Waals surface area contributed by atoms with Gasteiger partial charge in [0.1, 0.15) is 11.5 Å². The Labute approximate surface area is 502 Å². The van der Waals surface area contributed by atoms with Crippen LogP contribution in [0.25, 0.3) is 22.3 Å². The second-order valence-electron chi connectivity index (χ2n) is 26.0. The molecule has 0 fully saturated rings. The molecular formula is C81H69BN2O. The average molecular weight is 1100 g/mol. The first-order valence-corrected chi connectivity index (χ1v) is 30.8. The van der Waals surface area contributed by atoms with Gasteiger partial charge < -0.3 is 14.5 Å². The van der Waals surface area contributed by atoms with Gasteiger partial charge in [0.05, 0.1) is 33.6 Å². The Morgan fingerprint density at radius 1 is 0.329 bits per heavy atom. The van der Waals surface area contributed by atoms with E-state index in [1.165, 1.54) is 145 Å². The number of fused-ring (bicyclic) bond motifs is 20. The predicted octanol–water partition coefficient (Wildman–Crippen LogP) is 19.2. The van der Waals surface area contributed by atoms with Crippen LogP contribution in [0.4, 0.5) is 34.1 Å². The summed E-state index contributed by atoms with van der Waals surface area (Å²) in [6.07, 6.45) is 0. The summed E-state index contributed by atoms with van der Waals surface area (Å²) in [5.74, 6) is 2.74. The fourth-order valence-electron chi connectivity index (χ4n) is 16.2. The molecule has 4 heteroatoms. The number of anilines is 6. The number of rotatable bonds is 6. The van der Waals surface area contributed by atoms with Crippen molar-refractivity contribution in [3.63, 3.8) is 0 Å². The maximum atomic E-state index is 7.70. The van der Waals surface area contributed by atoms with Crippen LogP contribution < -0.4 is 30.9 Å². The van der Waals surface area contributed by atoms with Crippen molar-refractivity contribution in [3.05, 3.63) is 302 Å². The molecule has 3 heterocycles. The third-order valence-electron chi connectivity index (χ3n) is 19.9. The molecule has 2 spiro atoms. The highest BCUT2D eigenvalue weighted by molar-refractivity contribution is 6.97. The van der Waals surface area contributed by atoms with E-state index in [2.05, 4.69) is 297 Å². The van der Waals surface area contributed by atoms with Crippen LogP contribution in [0.1, 0.15) is 143 Å². The second kappa shape index (κ2) is 18.7. The van der Waals surface area contributed by atoms with Crippen LogP contribution in [0.2, 0.25) is 0 Å². The van der Waals surface area contributed by atoms with Gasteiger partial charge in [-0.15, -0.1) is 0 Å². The van der Waals surface area contributed by atoms with Gasteiger partial charge in [-0.25, -0.2) is 0 Å². The molecule has 0 radical (unpaired) electrons. The normalized spacial score (nSPS) is 14.8. The minimum absolute atomic E-state index is 0.0974. The Hall–Kier alpha value is -9.12. The summed E-state index contributed by atoms with van der Waals surface area (Å²) in [5, 5.41) is 0. The summed E-state index contributed by atoms with van der Waals surface area (Å²) in [4.78, 5) is 5.06. The van der Waals surface area contributed by atoms with E-state index in [-0.39, 0.29) is 18.5 Å². The maximum absolute atomic E-state index is 7.70. The van der Waals surface area contributed by atoms with E-state index in [1.807, 2.05) is 0 Å². The molecule has 0 amide bonds. The van der Waals surface area contributed by atoms with Crippen LogP contribution in [-0.2, 0) is 10.8 Å². The van der Waals surface area contributed by atoms with Crippen LogP contribution >= 0.6 is 0 Å². The van der Waals surface area contributed by atoms with Gasteiger partial charge in [0, 0.05) is 23.5 Å². The summed E-state index contributed by atoms with van der Waals surface area (Å²) < 4.78 is 7.70. The highest BCUT2D eigenvalue weighted by Crippen LogP contribution is 2.66. The molecule has 0 saturated heterocycles. The quantitative estimate of drug-likeness (QED) is 0.154. The molecule has 5 aliphatic rings. The van der Waals surface area contributed by atoms with Gasteiger partial charge in [0.2, 0.25) is 0 Å². The lowest BCUT2D eigenvalue weighted by molar-refractivity contribution is 0.487. The smallest absolute Gasteiger partial charge is 0.251 e. The molecule has 412 valence electrons. The van der Waals surface area contributed by atoms with Crippen molar-refractivity contribution in [2.24, 2.45) is 0 Å². The first-order chi connectivity index (χ1) is 41.3. The fraction of sp³-hybridized carbons (Fsp3) is 0.185. The van der Waals surface area contributed by atoms with E-state index in [4.69, 9.17) is 4.74 Å². The minimum Gasteiger partial charge on any atom is -0.458 e. The van der Waals surface area contributed by atoms with Gasteiger partial charge in [-0.3, -0.25) is 0 Å². The molecule has 0 N–H and O–H groups in total. The summed E-state index contributed by atoms with van der Waals surface area (Å²) >= 11 is 0. The van der Waals surface area contributed by atoms with Gasteiger partial charge in [0.25, 0.3) is 6.71 Å². The Morgan fingerprint density at radius 2 is 0.647 bits per heavy atom. The second-order valence-corrected chi connectivity index (χ2v) is 26.0. The first-order valence-electron chi connectivity index (χ1n) is 30.8. The zero-order chi connectivity index (χ0) is 57.9. The Bertz CT molecular complexity index is 4170. The van der Waals surface area contributed by atoms with E-state index in [1.54, 1.807) is 0 Å². The Balaban J connectivity index is 0.927. The van der Waals surface area contributed by atoms with Gasteiger partial charge in [-0.2, -0.15) is 0 Å². The summed E-state index contributed by atoms with van der Waals surface area (Å²) in [5.41, 5.74) is 34.5. The van der Waals surface area contributed by atoms with Crippen molar-refractivity contribution in [1.29, 1.82) is 0 Å². The topological polar surface area (TPSA) is 15.7 Å². The average Bonchev–Trinajstić information content (AvgIpc) is 1.68. The maximum Gasteiger partial charge on any atom is 0.251 e. The van der Waals surface area contributed by atoms with E-state index in [9.17, 15) is 0 Å². The molecule has 2 aliphatic carbocycles. The minimum atomic E-state index is -0.520. The third kappa shape index (κ3) is 7.09. The molecular weight excluding hydrogens is 1030 g/mol. The SMILES string of the molecule is Cc1ccc2c(c1)C1(c3ccccc3-c3ccccc31)c1cc(C)ccc1N2c1ccc2c(c1)Oc1cc(N3c4ccc(C)cc4C4(c5ccccc5-c5ccccc54)c4cc(C)ccc43)ccc1B2c1c(C(C)C)cc(C(C)C)cc1C(C)C. The lowest BCUT2D eigenvalue weighted by Gasteiger charge is -2.45. The zero-order valence-electron chi connectivity index (χ0n) is 50.4. The van der Waals surface area contributed by atoms with Crippen LogP contribution in [0.3, 0.4) is 0 Å². The highest BCUT2D eigenvalue weighted by atomic mass is 16.5. The summed E-state index contributed by atoms with van der Waals surface area (Å²) in [6.45, 7) is 23.1. The molecule has 0 aromatic heterocycles. The molecule has 3 nitrogen and oxygen atoms in total. The van der Waals surface area contributed by atoms with Crippen LogP contribution in [-0.4, -0.2) is 6.71 Å². The number of nitrogens with zero attached hydrogens (tertiary/aromatic N) is 2. The van der Waals surface area contributed by atoms with Gasteiger partial charge >= 0.3 is 0 Å². The first kappa shape index (κ1) is 51.5. The van der Waals surface area contributed by atoms with Gasteiger partial charge in [-0.1, -0.05) is 239 Å². The third-order valence-corrected chi connectivity index (χ3v) is 19.9. The molecule has 0 bridgehead atoms. The number of aryl methyl sites for hydroxylation is 4. The summed E-state index contributed by atoms with van der Waals surface area (Å²) in [6, 6.07) is 84.3. The molecule has 0 saturated carbocycles. The van der Waals surface area contributed by atoms with Crippen LogP contribution in [0.5, 0.6) is 11.5 Å². The van der Waals surface area contributed by atoms with Crippen molar-refractivity contribution in [2.75, 3.05) is 9.80 Å². The monoisotopic (exact) mass is 1100 g/mol. The predicted molar refractivity (Wildman–Crippen MR) is 356 cm³/mol. The van der Waals surface area contributed by atoms with E-state index in [0.717, 1.165) is 22.9 Å². The number of hydrogen-bond donors (Lipinski definition) is 0. The molecule has 16 rings (SSSR count). The Kier molecular flexibility index (Phi) is 11.3. The van der Waals surface area contributed by atoms with Crippen LogP contribution in [0, 0.1) is 27.7 Å². The molecule has 11 aromatic carbocycles. The number of hydrogen-bond acceptors (Lipinski definition) is 3. The molecule has 0 atom stereocenters. The lowest BCUT2D eigenvalue weighted by atomic mass is 9.34.